The van der Waals surface area contributed by atoms with Crippen LogP contribution in [0.25, 0.3) is 22.3 Å². The summed E-state index contributed by atoms with van der Waals surface area (Å²) >= 11 is 3.87. The molecule has 4 aromatic rings. The van der Waals surface area contributed by atoms with Gasteiger partial charge in [0, 0.05) is 15.5 Å². The van der Waals surface area contributed by atoms with E-state index in [4.69, 9.17) is 0 Å². The Kier molecular flexibility index (Phi) is 6.97. The average molecular weight is 583 g/mol. The molecule has 4 aromatic carbocycles. The van der Waals surface area contributed by atoms with Crippen LogP contribution in [0.1, 0.15) is 32.1 Å². The van der Waals surface area contributed by atoms with Crippen molar-refractivity contribution in [1.82, 2.24) is 0 Å². The second-order valence-corrected chi connectivity index (χ2v) is 14.2. The van der Waals surface area contributed by atoms with Crippen LogP contribution >= 0.6 is 23.5 Å². The van der Waals surface area contributed by atoms with Crippen molar-refractivity contribution in [2.75, 3.05) is 10.6 Å². The van der Waals surface area contributed by atoms with Crippen LogP contribution in [0.5, 0.6) is 0 Å². The smallest absolute Gasteiger partial charge is 0.0777 e. The van der Waals surface area contributed by atoms with E-state index < -0.39 is 0 Å². The molecular formula is C38H34N2S2. The molecule has 208 valence electrons. The van der Waals surface area contributed by atoms with Gasteiger partial charge in [0.2, 0.25) is 0 Å². The first-order valence-corrected chi connectivity index (χ1v) is 16.8. The second-order valence-electron chi connectivity index (χ2n) is 11.8. The molecule has 42 heavy (non-hydrogen) atoms. The molecule has 0 saturated heterocycles. The molecule has 2 heterocycles. The number of nitrogens with one attached hydrogen (secondary N) is 2. The van der Waals surface area contributed by atoms with Crippen LogP contribution in [-0.4, -0.2) is 5.37 Å². The Morgan fingerprint density at radius 1 is 0.714 bits per heavy atom. The fourth-order valence-electron chi connectivity index (χ4n) is 6.80. The predicted octanol–water partition coefficient (Wildman–Crippen LogP) is 11.0. The Morgan fingerprint density at radius 3 is 2.19 bits per heavy atom. The van der Waals surface area contributed by atoms with E-state index in [-0.39, 0.29) is 0 Å². The lowest BCUT2D eigenvalue weighted by Gasteiger charge is -2.32. The summed E-state index contributed by atoms with van der Waals surface area (Å²) in [4.78, 5) is 2.69. The number of hydrogen-bond donors (Lipinski definition) is 2. The molecule has 0 amide bonds. The third-order valence-corrected chi connectivity index (χ3v) is 11.2. The topological polar surface area (TPSA) is 24.1 Å². The van der Waals surface area contributed by atoms with E-state index in [2.05, 4.69) is 126 Å². The lowest BCUT2D eigenvalue weighted by molar-refractivity contribution is 0.403. The third-order valence-electron chi connectivity index (χ3n) is 8.99. The van der Waals surface area contributed by atoms with E-state index in [0.29, 0.717) is 11.3 Å². The molecule has 3 unspecified atom stereocenters. The number of fused-ring (bicyclic) bond motifs is 3. The van der Waals surface area contributed by atoms with Gasteiger partial charge in [0.15, 0.2) is 0 Å². The zero-order valence-electron chi connectivity index (χ0n) is 23.6. The zero-order valence-corrected chi connectivity index (χ0v) is 25.2. The van der Waals surface area contributed by atoms with Crippen molar-refractivity contribution >= 4 is 34.9 Å². The molecule has 0 radical (unpaired) electrons. The summed E-state index contributed by atoms with van der Waals surface area (Å²) in [5.41, 5.74) is 10.7. The molecule has 0 aromatic heterocycles. The van der Waals surface area contributed by atoms with E-state index >= 15 is 0 Å². The normalized spacial score (nSPS) is 23.2. The Bertz CT molecular complexity index is 1720. The molecule has 2 N–H and O–H groups in total. The summed E-state index contributed by atoms with van der Waals surface area (Å²) in [6, 6.07) is 35.0. The van der Waals surface area contributed by atoms with Crippen molar-refractivity contribution in [1.29, 1.82) is 0 Å². The fraction of sp³-hybridized carbons (Fsp3) is 0.211. The molecule has 2 aliphatic carbocycles. The number of allylic oxidation sites excluding steroid dienone is 5. The van der Waals surface area contributed by atoms with Crippen LogP contribution in [0.3, 0.4) is 0 Å². The molecule has 4 heteroatoms. The van der Waals surface area contributed by atoms with Crippen LogP contribution in [-0.2, 0) is 0 Å². The average Bonchev–Trinajstić information content (AvgIpc) is 3.63. The highest BCUT2D eigenvalue weighted by Gasteiger charge is 2.29. The van der Waals surface area contributed by atoms with E-state index in [9.17, 15) is 0 Å². The number of anilines is 2. The first-order valence-electron chi connectivity index (χ1n) is 15.1. The maximum Gasteiger partial charge on any atom is 0.0777 e. The Morgan fingerprint density at radius 2 is 1.43 bits per heavy atom. The maximum atomic E-state index is 3.81. The molecule has 4 aliphatic rings. The molecule has 3 atom stereocenters. The summed E-state index contributed by atoms with van der Waals surface area (Å²) in [7, 11) is 0. The molecular weight excluding hydrogens is 549 g/mol. The minimum absolute atomic E-state index is 0.442. The summed E-state index contributed by atoms with van der Waals surface area (Å²) in [6.45, 7) is 0. The Balaban J connectivity index is 0.944. The Hall–Kier alpha value is -3.60. The fourth-order valence-corrected chi connectivity index (χ4v) is 9.10. The van der Waals surface area contributed by atoms with Crippen molar-refractivity contribution in [2.24, 2.45) is 11.8 Å². The largest absolute Gasteiger partial charge is 0.372 e. The molecule has 0 bridgehead atoms. The SMILES string of the molecule is C1=C(/C=C2/Nc3ccc(-c4ccccc4)cc3S2)CCC2CCC(CC3Nc4ccc(-c5ccccc5)cc4S3)C=C12. The molecule has 8 rings (SSSR count). The quantitative estimate of drug-likeness (QED) is 0.244. The number of rotatable bonds is 5. The van der Waals surface area contributed by atoms with Gasteiger partial charge in [-0.05, 0) is 108 Å². The van der Waals surface area contributed by atoms with Crippen LogP contribution in [0, 0.1) is 11.8 Å². The van der Waals surface area contributed by atoms with Gasteiger partial charge in [-0.1, -0.05) is 108 Å². The monoisotopic (exact) mass is 582 g/mol. The molecule has 0 spiro atoms. The van der Waals surface area contributed by atoms with Gasteiger partial charge in [0.1, 0.15) is 0 Å². The van der Waals surface area contributed by atoms with Gasteiger partial charge in [-0.3, -0.25) is 0 Å². The molecule has 0 saturated carbocycles. The first-order chi connectivity index (χ1) is 20.7. The Labute approximate surface area is 257 Å². The lowest BCUT2D eigenvalue weighted by atomic mass is 9.75. The van der Waals surface area contributed by atoms with Crippen molar-refractivity contribution in [3.8, 4) is 22.3 Å². The summed E-state index contributed by atoms with van der Waals surface area (Å²) in [5.74, 6) is 1.36. The van der Waals surface area contributed by atoms with E-state index in [1.54, 1.807) is 5.57 Å². The van der Waals surface area contributed by atoms with Gasteiger partial charge in [-0.2, -0.15) is 0 Å². The highest BCUT2D eigenvalue weighted by molar-refractivity contribution is 8.03. The first kappa shape index (κ1) is 26.1. The van der Waals surface area contributed by atoms with Crippen molar-refractivity contribution < 1.29 is 0 Å². The van der Waals surface area contributed by atoms with Gasteiger partial charge < -0.3 is 10.6 Å². The van der Waals surface area contributed by atoms with Gasteiger partial charge in [0.25, 0.3) is 0 Å². The molecule has 0 fully saturated rings. The zero-order chi connectivity index (χ0) is 27.9. The minimum atomic E-state index is 0.442. The van der Waals surface area contributed by atoms with Crippen molar-refractivity contribution in [2.45, 2.75) is 47.3 Å². The summed E-state index contributed by atoms with van der Waals surface area (Å²) < 4.78 is 0. The van der Waals surface area contributed by atoms with Crippen LogP contribution in [0.4, 0.5) is 11.4 Å². The molecule has 2 aliphatic heterocycles. The van der Waals surface area contributed by atoms with Gasteiger partial charge >= 0.3 is 0 Å². The van der Waals surface area contributed by atoms with Gasteiger partial charge in [-0.25, -0.2) is 0 Å². The summed E-state index contributed by atoms with van der Waals surface area (Å²) in [5, 5.41) is 9.16. The maximum absolute atomic E-state index is 3.81. The standard InChI is InChI=1S/C38H34N2S2/c1-3-7-27(8-4-1)30-15-17-33-35(23-30)41-37(39-33)21-25-11-13-29-14-12-26(20-32(29)19-25)22-38-40-34-18-16-31(24-36(34)42-38)28-9-5-2-6-10-28/h1-10,15-21,23-24,26,29,38-40H,11-14,22H2/b37-21-. The second kappa shape index (κ2) is 11.2. The van der Waals surface area contributed by atoms with Crippen molar-refractivity contribution in [3.63, 3.8) is 0 Å². The number of hydrogen-bond acceptors (Lipinski definition) is 4. The third kappa shape index (κ3) is 5.34. The van der Waals surface area contributed by atoms with E-state index in [1.807, 2.05) is 23.5 Å². The lowest BCUT2D eigenvalue weighted by Crippen LogP contribution is -2.21. The summed E-state index contributed by atoms with van der Waals surface area (Å²) in [6.07, 6.45) is 13.8. The van der Waals surface area contributed by atoms with E-state index in [0.717, 1.165) is 5.92 Å². The van der Waals surface area contributed by atoms with Crippen LogP contribution < -0.4 is 10.6 Å². The highest BCUT2D eigenvalue weighted by Crippen LogP contribution is 2.47. The van der Waals surface area contributed by atoms with Gasteiger partial charge in [0.05, 0.1) is 16.1 Å². The van der Waals surface area contributed by atoms with E-state index in [1.165, 1.54) is 86.1 Å². The minimum Gasteiger partial charge on any atom is -0.372 e. The molecule has 2 nitrogen and oxygen atoms in total. The van der Waals surface area contributed by atoms with Crippen LogP contribution in [0.15, 0.2) is 141 Å². The van der Waals surface area contributed by atoms with Crippen LogP contribution in [0.2, 0.25) is 0 Å². The number of benzene rings is 4. The number of thioether (sulfide) groups is 2. The van der Waals surface area contributed by atoms with Gasteiger partial charge in [-0.15, -0.1) is 0 Å². The van der Waals surface area contributed by atoms with Crippen molar-refractivity contribution in [3.05, 3.63) is 131 Å². The predicted molar refractivity (Wildman–Crippen MR) is 181 cm³/mol. The highest BCUT2D eigenvalue weighted by atomic mass is 32.2.